The molecule has 0 atom stereocenters. The molecule has 2 nitrogen and oxygen atoms in total. The number of unbranched alkanes of at least 4 members (excludes halogenated alkanes) is 6. The summed E-state index contributed by atoms with van der Waals surface area (Å²) in [6.07, 6.45) is 19.8. The van der Waals surface area contributed by atoms with Gasteiger partial charge in [-0.1, -0.05) is 66.2 Å². The molecule has 2 heteroatoms. The van der Waals surface area contributed by atoms with Gasteiger partial charge in [0.25, 0.3) is 0 Å². The van der Waals surface area contributed by atoms with Crippen LogP contribution >= 0.6 is 0 Å². The number of hydrogen-bond donors (Lipinski definition) is 1. The summed E-state index contributed by atoms with van der Waals surface area (Å²) in [5.74, 6) is 1.67. The van der Waals surface area contributed by atoms with Crippen LogP contribution in [-0.2, 0) is 0 Å². The molecule has 0 aromatic carbocycles. The Morgan fingerprint density at radius 1 is 0.630 bits per heavy atom. The lowest BCUT2D eigenvalue weighted by molar-refractivity contribution is 0.224. The Kier molecular flexibility index (Phi) is 15.6. The molecule has 0 aromatic heterocycles. The minimum Gasteiger partial charge on any atom is -0.314 e. The molecule has 1 rings (SSSR count). The van der Waals surface area contributed by atoms with E-state index in [1.807, 2.05) is 0 Å². The number of nitrogens with zero attached hydrogens (tertiary/aromatic N) is 1. The van der Waals surface area contributed by atoms with Gasteiger partial charge in [0.2, 0.25) is 0 Å². The summed E-state index contributed by atoms with van der Waals surface area (Å²) >= 11 is 0. The third kappa shape index (κ3) is 15.5. The van der Waals surface area contributed by atoms with Gasteiger partial charge in [-0.2, -0.15) is 0 Å². The van der Waals surface area contributed by atoms with Crippen LogP contribution in [0.3, 0.4) is 0 Å². The average molecular weight is 381 g/mol. The number of piperidine rings is 1. The first-order valence-electron chi connectivity index (χ1n) is 12.5. The van der Waals surface area contributed by atoms with Crippen LogP contribution in [0.5, 0.6) is 0 Å². The molecular weight excluding hydrogens is 328 g/mol. The number of hydrogen-bond acceptors (Lipinski definition) is 2. The summed E-state index contributed by atoms with van der Waals surface area (Å²) in [6.45, 7) is 14.7. The van der Waals surface area contributed by atoms with Gasteiger partial charge in [0.1, 0.15) is 0 Å². The van der Waals surface area contributed by atoms with E-state index in [0.29, 0.717) is 0 Å². The normalized spacial score (nSPS) is 16.1. The van der Waals surface area contributed by atoms with Gasteiger partial charge in [-0.15, -0.1) is 0 Å². The van der Waals surface area contributed by atoms with Gasteiger partial charge in [0, 0.05) is 6.04 Å². The lowest BCUT2D eigenvalue weighted by atomic mass is 9.96. The zero-order valence-corrected chi connectivity index (χ0v) is 19.4. The van der Waals surface area contributed by atoms with Crippen molar-refractivity contribution in [3.63, 3.8) is 0 Å². The summed E-state index contributed by atoms with van der Waals surface area (Å²) in [7, 11) is 0. The highest BCUT2D eigenvalue weighted by atomic mass is 15.1. The second-order valence-electron chi connectivity index (χ2n) is 9.97. The second kappa shape index (κ2) is 16.8. The van der Waals surface area contributed by atoms with Crippen molar-refractivity contribution in [3.8, 4) is 0 Å². The second-order valence-corrected chi connectivity index (χ2v) is 9.97. The molecule has 1 heterocycles. The molecule has 27 heavy (non-hydrogen) atoms. The molecule has 0 amide bonds. The van der Waals surface area contributed by atoms with Gasteiger partial charge >= 0.3 is 0 Å². The average Bonchev–Trinajstić information content (AvgIpc) is 2.65. The fourth-order valence-corrected chi connectivity index (χ4v) is 4.25. The van der Waals surface area contributed by atoms with Crippen molar-refractivity contribution in [3.05, 3.63) is 0 Å². The van der Waals surface area contributed by atoms with E-state index in [4.69, 9.17) is 0 Å². The Hall–Kier alpha value is -0.0800. The molecule has 1 N–H and O–H groups in total. The van der Waals surface area contributed by atoms with Gasteiger partial charge in [0.15, 0.2) is 0 Å². The Morgan fingerprint density at radius 2 is 1.15 bits per heavy atom. The molecule has 162 valence electrons. The predicted molar refractivity (Wildman–Crippen MR) is 123 cm³/mol. The van der Waals surface area contributed by atoms with Crippen molar-refractivity contribution in [1.82, 2.24) is 10.2 Å². The molecule has 0 unspecified atom stereocenters. The Labute approximate surface area is 172 Å². The van der Waals surface area contributed by atoms with E-state index < -0.39 is 0 Å². The van der Waals surface area contributed by atoms with Crippen LogP contribution in [-0.4, -0.2) is 37.1 Å². The first-order valence-corrected chi connectivity index (χ1v) is 12.5. The Balaban J connectivity index is 1.92. The van der Waals surface area contributed by atoms with Crippen LogP contribution in [0, 0.1) is 11.8 Å². The zero-order chi connectivity index (χ0) is 19.7. The van der Waals surface area contributed by atoms with Gasteiger partial charge in [-0.25, -0.2) is 0 Å². The van der Waals surface area contributed by atoms with Crippen LogP contribution in [0.25, 0.3) is 0 Å². The van der Waals surface area contributed by atoms with Crippen molar-refractivity contribution in [1.29, 1.82) is 0 Å². The predicted octanol–water partition coefficient (Wildman–Crippen LogP) is 7.03. The summed E-state index contributed by atoms with van der Waals surface area (Å²) in [6, 6.07) is 0.754. The molecule has 0 aromatic rings. The Morgan fingerprint density at radius 3 is 1.70 bits per heavy atom. The van der Waals surface area contributed by atoms with E-state index in [-0.39, 0.29) is 0 Å². The molecule has 1 fully saturated rings. The Bertz CT molecular complexity index is 295. The minimum absolute atomic E-state index is 0.754. The van der Waals surface area contributed by atoms with Crippen molar-refractivity contribution >= 4 is 0 Å². The van der Waals surface area contributed by atoms with E-state index in [0.717, 1.165) is 17.9 Å². The number of likely N-dealkylation sites (tertiary alicyclic amines) is 1. The maximum atomic E-state index is 3.87. The standard InChI is InChI=1S/C25H52N2/c1-23(2)15-17-25(18-16-24(3)4)26-19-11-8-6-5-7-9-12-20-27-21-13-10-14-22-27/h23-26H,5-22H2,1-4H3. The smallest absolute Gasteiger partial charge is 0.00672 e. The molecule has 0 radical (unpaired) electrons. The number of nitrogens with one attached hydrogen (secondary N) is 1. The number of rotatable bonds is 17. The molecule has 1 aliphatic heterocycles. The third-order valence-corrected chi connectivity index (χ3v) is 6.22. The van der Waals surface area contributed by atoms with Crippen molar-refractivity contribution in [2.45, 2.75) is 124 Å². The van der Waals surface area contributed by atoms with Crippen molar-refractivity contribution < 1.29 is 0 Å². The topological polar surface area (TPSA) is 15.3 Å². The third-order valence-electron chi connectivity index (χ3n) is 6.22. The van der Waals surface area contributed by atoms with Gasteiger partial charge in [-0.05, 0) is 89.4 Å². The first-order chi connectivity index (χ1) is 13.1. The first kappa shape index (κ1) is 25.0. The van der Waals surface area contributed by atoms with Crippen LogP contribution in [0.15, 0.2) is 0 Å². The molecule has 1 saturated heterocycles. The van der Waals surface area contributed by atoms with Crippen LogP contribution in [0.2, 0.25) is 0 Å². The lowest BCUT2D eigenvalue weighted by Gasteiger charge is -2.26. The van der Waals surface area contributed by atoms with Crippen molar-refractivity contribution in [2.75, 3.05) is 26.2 Å². The van der Waals surface area contributed by atoms with Gasteiger partial charge in [-0.3, -0.25) is 0 Å². The highest BCUT2D eigenvalue weighted by molar-refractivity contribution is 4.69. The maximum Gasteiger partial charge on any atom is 0.00672 e. The van der Waals surface area contributed by atoms with Crippen molar-refractivity contribution in [2.24, 2.45) is 11.8 Å². The summed E-state index contributed by atoms with van der Waals surface area (Å²) in [4.78, 5) is 2.68. The van der Waals surface area contributed by atoms with E-state index in [1.165, 1.54) is 116 Å². The van der Waals surface area contributed by atoms with E-state index >= 15 is 0 Å². The van der Waals surface area contributed by atoms with E-state index in [1.54, 1.807) is 0 Å². The molecule has 1 aliphatic rings. The molecule has 0 bridgehead atoms. The fourth-order valence-electron chi connectivity index (χ4n) is 4.25. The highest BCUT2D eigenvalue weighted by Crippen LogP contribution is 2.15. The molecular formula is C25H52N2. The zero-order valence-electron chi connectivity index (χ0n) is 19.4. The minimum atomic E-state index is 0.754. The fraction of sp³-hybridized carbons (Fsp3) is 1.00. The van der Waals surface area contributed by atoms with Gasteiger partial charge < -0.3 is 10.2 Å². The lowest BCUT2D eigenvalue weighted by Crippen LogP contribution is -2.30. The molecule has 0 aliphatic carbocycles. The quantitative estimate of drug-likeness (QED) is 0.272. The largest absolute Gasteiger partial charge is 0.314 e. The maximum absolute atomic E-state index is 3.87. The van der Waals surface area contributed by atoms with Gasteiger partial charge in [0.05, 0.1) is 0 Å². The molecule has 0 saturated carbocycles. The monoisotopic (exact) mass is 380 g/mol. The summed E-state index contributed by atoms with van der Waals surface area (Å²) in [5.41, 5.74) is 0. The van der Waals surface area contributed by atoms with E-state index in [2.05, 4.69) is 37.9 Å². The highest BCUT2D eigenvalue weighted by Gasteiger charge is 2.10. The van der Waals surface area contributed by atoms with E-state index in [9.17, 15) is 0 Å². The van der Waals surface area contributed by atoms with Crippen LogP contribution in [0.1, 0.15) is 118 Å². The van der Waals surface area contributed by atoms with Crippen LogP contribution < -0.4 is 5.32 Å². The summed E-state index contributed by atoms with van der Waals surface area (Å²) < 4.78 is 0. The SMILES string of the molecule is CC(C)CCC(CCC(C)C)NCCCCCCCCCN1CCCCC1. The van der Waals surface area contributed by atoms with Crippen LogP contribution in [0.4, 0.5) is 0 Å². The summed E-state index contributed by atoms with van der Waals surface area (Å²) in [5, 5.41) is 3.87. The molecule has 0 spiro atoms.